The molecule has 0 bridgehead atoms. The van der Waals surface area contributed by atoms with Crippen molar-refractivity contribution < 1.29 is 19.1 Å². The number of ketones is 1. The first-order valence-electron chi connectivity index (χ1n) is 9.19. The van der Waals surface area contributed by atoms with Gasteiger partial charge in [-0.2, -0.15) is 0 Å². The van der Waals surface area contributed by atoms with Gasteiger partial charge in [-0.1, -0.05) is 72.8 Å². The zero-order chi connectivity index (χ0) is 20.4. The summed E-state index contributed by atoms with van der Waals surface area (Å²) < 4.78 is 13.5. The first-order chi connectivity index (χ1) is 14.1. The van der Waals surface area contributed by atoms with E-state index in [0.29, 0.717) is 11.1 Å². The number of nitrogens with zero attached hydrogens (tertiary/aromatic N) is 1. The first kappa shape index (κ1) is 18.6. The molecule has 1 saturated heterocycles. The topological polar surface area (TPSA) is 57.6 Å². The number of rotatable bonds is 4. The van der Waals surface area contributed by atoms with E-state index in [1.54, 1.807) is 30.3 Å². The Hall–Kier alpha value is -3.73. The van der Waals surface area contributed by atoms with Gasteiger partial charge in [-0.3, -0.25) is 9.59 Å². The molecule has 0 radical (unpaired) electrons. The molecule has 1 aliphatic heterocycles. The molecule has 0 spiro atoms. The van der Waals surface area contributed by atoms with Crippen LogP contribution < -0.4 is 0 Å². The second-order valence-corrected chi connectivity index (χ2v) is 6.83. The lowest BCUT2D eigenvalue weighted by atomic mass is 9.95. The summed E-state index contributed by atoms with van der Waals surface area (Å²) in [5, 5.41) is 10.9. The van der Waals surface area contributed by atoms with Gasteiger partial charge in [0.15, 0.2) is 0 Å². The van der Waals surface area contributed by atoms with Gasteiger partial charge in [-0.25, -0.2) is 4.39 Å². The quantitative estimate of drug-likeness (QED) is 0.409. The van der Waals surface area contributed by atoms with Crippen LogP contribution in [-0.2, 0) is 16.1 Å². The molecule has 1 fully saturated rings. The van der Waals surface area contributed by atoms with Crippen LogP contribution in [-0.4, -0.2) is 21.7 Å². The number of hydrogen-bond acceptors (Lipinski definition) is 3. The van der Waals surface area contributed by atoms with Gasteiger partial charge in [0.1, 0.15) is 11.6 Å². The van der Waals surface area contributed by atoms with Crippen LogP contribution in [0.1, 0.15) is 22.7 Å². The average Bonchev–Trinajstić information content (AvgIpc) is 3.00. The largest absolute Gasteiger partial charge is 0.507 e. The van der Waals surface area contributed by atoms with E-state index >= 15 is 0 Å². The molecule has 1 heterocycles. The lowest BCUT2D eigenvalue weighted by Crippen LogP contribution is -2.29. The fourth-order valence-electron chi connectivity index (χ4n) is 3.57. The van der Waals surface area contributed by atoms with Crippen molar-refractivity contribution in [2.45, 2.75) is 12.6 Å². The van der Waals surface area contributed by atoms with Crippen molar-refractivity contribution in [1.29, 1.82) is 0 Å². The Morgan fingerprint density at radius 1 is 0.862 bits per heavy atom. The zero-order valence-corrected chi connectivity index (χ0v) is 15.5. The van der Waals surface area contributed by atoms with E-state index < -0.39 is 23.5 Å². The molecule has 144 valence electrons. The summed E-state index contributed by atoms with van der Waals surface area (Å²) in [5.74, 6) is -2.11. The standard InChI is InChI=1S/C24H18FNO3/c25-19-13-11-17(12-14-19)21-20(22(27)18-9-5-2-6-10-18)23(28)24(29)26(21)15-16-7-3-1-4-8-16/h1-14,21,27H,15H2/b22-20+. The van der Waals surface area contributed by atoms with E-state index in [-0.39, 0.29) is 17.9 Å². The third kappa shape index (κ3) is 3.55. The summed E-state index contributed by atoms with van der Waals surface area (Å²) in [4.78, 5) is 27.2. The minimum atomic E-state index is -0.809. The Bertz CT molecular complexity index is 1080. The van der Waals surface area contributed by atoms with Crippen LogP contribution in [0, 0.1) is 5.82 Å². The number of aliphatic hydroxyl groups excluding tert-OH is 1. The molecule has 3 aromatic carbocycles. The Balaban J connectivity index is 1.86. The number of carbonyl (C=O) groups excluding carboxylic acids is 2. The van der Waals surface area contributed by atoms with Crippen molar-refractivity contribution in [2.75, 3.05) is 0 Å². The van der Waals surface area contributed by atoms with Gasteiger partial charge < -0.3 is 10.0 Å². The molecular weight excluding hydrogens is 369 g/mol. The third-order valence-electron chi connectivity index (χ3n) is 4.97. The van der Waals surface area contributed by atoms with E-state index in [4.69, 9.17) is 0 Å². The summed E-state index contributed by atoms with van der Waals surface area (Å²) in [5.41, 5.74) is 1.85. The highest BCUT2D eigenvalue weighted by Gasteiger charge is 2.46. The highest BCUT2D eigenvalue weighted by molar-refractivity contribution is 6.46. The van der Waals surface area contributed by atoms with Gasteiger partial charge in [0.2, 0.25) is 0 Å². The van der Waals surface area contributed by atoms with Crippen LogP contribution in [0.4, 0.5) is 4.39 Å². The van der Waals surface area contributed by atoms with Crippen LogP contribution in [0.2, 0.25) is 0 Å². The van der Waals surface area contributed by atoms with Crippen molar-refractivity contribution >= 4 is 17.4 Å². The van der Waals surface area contributed by atoms with E-state index in [9.17, 15) is 19.1 Å². The van der Waals surface area contributed by atoms with Gasteiger partial charge in [0, 0.05) is 12.1 Å². The number of likely N-dealkylation sites (tertiary alicyclic amines) is 1. The normalized spacial score (nSPS) is 18.2. The molecule has 4 nitrogen and oxygen atoms in total. The molecule has 0 saturated carbocycles. The lowest BCUT2D eigenvalue weighted by Gasteiger charge is -2.25. The number of carbonyl (C=O) groups is 2. The van der Waals surface area contributed by atoms with E-state index in [0.717, 1.165) is 5.56 Å². The predicted molar refractivity (Wildman–Crippen MR) is 107 cm³/mol. The molecular formula is C24H18FNO3. The Morgan fingerprint density at radius 3 is 2.07 bits per heavy atom. The molecule has 29 heavy (non-hydrogen) atoms. The maximum absolute atomic E-state index is 13.5. The van der Waals surface area contributed by atoms with Crippen molar-refractivity contribution in [3.63, 3.8) is 0 Å². The number of halogens is 1. The average molecular weight is 387 g/mol. The number of aliphatic hydroxyl groups is 1. The summed E-state index contributed by atoms with van der Waals surface area (Å²) in [6.07, 6.45) is 0. The van der Waals surface area contributed by atoms with Crippen LogP contribution in [0.3, 0.4) is 0 Å². The second kappa shape index (κ2) is 7.72. The zero-order valence-electron chi connectivity index (χ0n) is 15.5. The molecule has 1 atom stereocenters. The molecule has 0 aliphatic carbocycles. The fraction of sp³-hybridized carbons (Fsp3) is 0.0833. The molecule has 1 N–H and O–H groups in total. The van der Waals surface area contributed by atoms with Gasteiger partial charge >= 0.3 is 0 Å². The summed E-state index contributed by atoms with van der Waals surface area (Å²) in [6.45, 7) is 0.193. The van der Waals surface area contributed by atoms with Crippen LogP contribution in [0.25, 0.3) is 5.76 Å². The number of benzene rings is 3. The van der Waals surface area contributed by atoms with Gasteiger partial charge in [0.25, 0.3) is 11.7 Å². The molecule has 1 aliphatic rings. The van der Waals surface area contributed by atoms with Crippen molar-refractivity contribution in [1.82, 2.24) is 4.90 Å². The highest BCUT2D eigenvalue weighted by Crippen LogP contribution is 2.40. The number of amides is 1. The van der Waals surface area contributed by atoms with Crippen LogP contribution in [0.5, 0.6) is 0 Å². The smallest absolute Gasteiger partial charge is 0.295 e. The van der Waals surface area contributed by atoms with Gasteiger partial charge in [0.05, 0.1) is 11.6 Å². The SMILES string of the molecule is O=C1C(=O)N(Cc2ccccc2)C(c2ccc(F)cc2)/C1=C(\O)c1ccccc1. The highest BCUT2D eigenvalue weighted by atomic mass is 19.1. The Kier molecular flexibility index (Phi) is 4.96. The Labute approximate surface area is 167 Å². The molecule has 0 aromatic heterocycles. The number of hydrogen-bond donors (Lipinski definition) is 1. The Morgan fingerprint density at radius 2 is 1.45 bits per heavy atom. The summed E-state index contributed by atoms with van der Waals surface area (Å²) in [7, 11) is 0. The van der Waals surface area contributed by atoms with Crippen molar-refractivity contribution in [2.24, 2.45) is 0 Å². The van der Waals surface area contributed by atoms with Gasteiger partial charge in [-0.05, 0) is 23.3 Å². The summed E-state index contributed by atoms with van der Waals surface area (Å²) in [6, 6.07) is 22.7. The molecule has 5 heteroatoms. The summed E-state index contributed by atoms with van der Waals surface area (Å²) >= 11 is 0. The van der Waals surface area contributed by atoms with Crippen molar-refractivity contribution in [3.8, 4) is 0 Å². The molecule has 1 amide bonds. The maximum atomic E-state index is 13.5. The minimum Gasteiger partial charge on any atom is -0.507 e. The van der Waals surface area contributed by atoms with Crippen LogP contribution >= 0.6 is 0 Å². The third-order valence-corrected chi connectivity index (χ3v) is 4.97. The van der Waals surface area contributed by atoms with Crippen molar-refractivity contribution in [3.05, 3.63) is 113 Å². The predicted octanol–water partition coefficient (Wildman–Crippen LogP) is 4.45. The first-order valence-corrected chi connectivity index (χ1v) is 9.19. The maximum Gasteiger partial charge on any atom is 0.295 e. The molecule has 1 unspecified atom stereocenters. The van der Waals surface area contributed by atoms with Gasteiger partial charge in [-0.15, -0.1) is 0 Å². The minimum absolute atomic E-state index is 0.00346. The van der Waals surface area contributed by atoms with E-state index in [1.165, 1.54) is 29.2 Å². The molecule has 4 rings (SSSR count). The lowest BCUT2D eigenvalue weighted by molar-refractivity contribution is -0.140. The van der Waals surface area contributed by atoms with Crippen LogP contribution in [0.15, 0.2) is 90.5 Å². The van der Waals surface area contributed by atoms with E-state index in [2.05, 4.69) is 0 Å². The molecule has 3 aromatic rings. The van der Waals surface area contributed by atoms with E-state index in [1.807, 2.05) is 30.3 Å². The monoisotopic (exact) mass is 387 g/mol. The number of Topliss-reactive ketones (excluding diaryl/α,β-unsaturated/α-hetero) is 1. The fourth-order valence-corrected chi connectivity index (χ4v) is 3.57. The second-order valence-electron chi connectivity index (χ2n) is 6.83.